The maximum atomic E-state index is 10.1. The van der Waals surface area contributed by atoms with E-state index in [-0.39, 0.29) is 5.41 Å². The van der Waals surface area contributed by atoms with Crippen molar-refractivity contribution in [3.05, 3.63) is 0 Å². The van der Waals surface area contributed by atoms with E-state index in [1.165, 1.54) is 4.49 Å². The summed E-state index contributed by atoms with van der Waals surface area (Å²) in [4.78, 5) is 0. The van der Waals surface area contributed by atoms with Crippen LogP contribution in [0.4, 0.5) is 0 Å². The molecule has 49 valence electrons. The van der Waals surface area contributed by atoms with Gasteiger partial charge in [0.15, 0.2) is 0 Å². The second kappa shape index (κ2) is 2.61. The second-order valence-corrected chi connectivity index (χ2v) is 5.23. The van der Waals surface area contributed by atoms with Crippen molar-refractivity contribution < 1.29 is 23.2 Å². The van der Waals surface area contributed by atoms with E-state index in [0.29, 0.717) is 0 Å². The Morgan fingerprint density at radius 3 is 1.62 bits per heavy atom. The molecule has 3 heteroatoms. The summed E-state index contributed by atoms with van der Waals surface area (Å²) in [5.74, 6) is 0. The average molecular weight is 288 g/mol. The van der Waals surface area contributed by atoms with E-state index in [9.17, 15) is 6.94 Å². The average Bonchev–Trinajstić information content (AvgIpc) is 1.21. The van der Waals surface area contributed by atoms with Crippen molar-refractivity contribution in [2.24, 2.45) is 5.41 Å². The van der Waals surface area contributed by atoms with Gasteiger partial charge in [0.2, 0.25) is 0 Å². The third-order valence-electron chi connectivity index (χ3n) is 0.416. The van der Waals surface area contributed by atoms with Crippen LogP contribution in [-0.2, 0) is 23.2 Å². The van der Waals surface area contributed by atoms with Gasteiger partial charge in [-0.05, 0) is 0 Å². The molecule has 0 amide bonds. The zero-order valence-electron chi connectivity index (χ0n) is 5.27. The van der Waals surface area contributed by atoms with Crippen molar-refractivity contribution in [2.75, 3.05) is 0 Å². The van der Waals surface area contributed by atoms with E-state index in [2.05, 4.69) is 0 Å². The van der Waals surface area contributed by atoms with Crippen LogP contribution >= 0.6 is 0 Å². The van der Waals surface area contributed by atoms with Crippen LogP contribution in [0, 0.1) is 5.41 Å². The third-order valence-corrected chi connectivity index (χ3v) is 3.41. The van der Waals surface area contributed by atoms with Gasteiger partial charge >= 0.3 is 53.8 Å². The molecule has 0 aliphatic carbocycles. The van der Waals surface area contributed by atoms with Gasteiger partial charge in [0.25, 0.3) is 0 Å². The van der Waals surface area contributed by atoms with Crippen molar-refractivity contribution in [3.63, 3.8) is 0 Å². The molecule has 8 heavy (non-hydrogen) atoms. The Morgan fingerprint density at radius 2 is 1.62 bits per heavy atom. The van der Waals surface area contributed by atoms with Crippen molar-refractivity contribution in [2.45, 2.75) is 20.8 Å². The van der Waals surface area contributed by atoms with Gasteiger partial charge in [-0.2, -0.15) is 0 Å². The molecule has 2 nitrogen and oxygen atoms in total. The molecule has 0 aromatic rings. The zero-order chi connectivity index (χ0) is 6.78. The van der Waals surface area contributed by atoms with Gasteiger partial charge in [0, 0.05) is 0 Å². The molecule has 0 heterocycles. The van der Waals surface area contributed by atoms with E-state index >= 15 is 0 Å². The first-order valence-corrected chi connectivity index (χ1v) is 6.10. The Bertz CT molecular complexity index is 173. The molecule has 0 fully saturated rings. The van der Waals surface area contributed by atoms with E-state index in [1.807, 2.05) is 20.8 Å². The van der Waals surface area contributed by atoms with E-state index in [1.54, 1.807) is 0 Å². The topological polar surface area (TPSA) is 34.1 Å². The molecule has 0 rings (SSSR count). The summed E-state index contributed by atoms with van der Waals surface area (Å²) in [7, 11) is 0. The van der Waals surface area contributed by atoms with Crippen LogP contribution in [0.1, 0.15) is 20.8 Å². The van der Waals surface area contributed by atoms with Gasteiger partial charge in [-0.25, -0.2) is 0 Å². The van der Waals surface area contributed by atoms with Crippen LogP contribution in [0.2, 0.25) is 0 Å². The molecule has 0 aliphatic heterocycles. The van der Waals surface area contributed by atoms with Gasteiger partial charge in [-0.1, -0.05) is 0 Å². The van der Waals surface area contributed by atoms with Gasteiger partial charge in [0.1, 0.15) is 0 Å². The normalized spacial score (nSPS) is 10.9. The summed E-state index contributed by atoms with van der Waals surface area (Å²) in [5, 5.41) is 0. The number of rotatable bonds is 0. The molecule has 0 radical (unpaired) electrons. The summed E-state index contributed by atoms with van der Waals surface area (Å²) in [6.07, 6.45) is 0. The molecule has 0 aromatic carbocycles. The van der Waals surface area contributed by atoms with Crippen LogP contribution in [-0.4, -0.2) is 4.49 Å². The first kappa shape index (κ1) is 8.13. The molecule has 0 saturated heterocycles. The van der Waals surface area contributed by atoms with Crippen LogP contribution in [0.25, 0.3) is 0 Å². The number of hydrogen-bond donors (Lipinski definition) is 0. The molecule has 0 N–H and O–H groups in total. The molecule has 0 bridgehead atoms. The summed E-state index contributed by atoms with van der Waals surface area (Å²) in [5.41, 5.74) is -0.146. The molecule has 0 spiro atoms. The maximum absolute atomic E-state index is 10.1. The second-order valence-electron chi connectivity index (χ2n) is 2.72. The fourth-order valence-electron chi connectivity index (χ4n) is 0.267. The third kappa shape index (κ3) is 6.13. The Balaban J connectivity index is 4.34. The molecule has 0 aliphatic rings. The zero-order valence-corrected chi connectivity index (χ0v) is 7.99. The van der Waals surface area contributed by atoms with Gasteiger partial charge in [0.05, 0.1) is 0 Å². The Kier molecular flexibility index (Phi) is 2.66. The minimum absolute atomic E-state index is 0.146. The van der Waals surface area contributed by atoms with Crippen molar-refractivity contribution in [1.82, 2.24) is 0 Å². The van der Waals surface area contributed by atoms with Crippen molar-refractivity contribution in [1.29, 1.82) is 0 Å². The standard InChI is InChI=1S/C5H10.2O.Re/c1-5(2,3)4;;;/h1H,2-4H3;;;. The van der Waals surface area contributed by atoms with Crippen molar-refractivity contribution >= 4 is 4.49 Å². The van der Waals surface area contributed by atoms with Gasteiger partial charge < -0.3 is 0 Å². The first-order valence-electron chi connectivity index (χ1n) is 2.32. The summed E-state index contributed by atoms with van der Waals surface area (Å²) in [6.45, 7) is 5.63. The van der Waals surface area contributed by atoms with Crippen LogP contribution < -0.4 is 0 Å². The molecule has 0 atom stereocenters. The predicted molar refractivity (Wildman–Crippen MR) is 26.9 cm³/mol. The summed E-state index contributed by atoms with van der Waals surface area (Å²) < 4.78 is 21.7. The number of hydrogen-bond acceptors (Lipinski definition) is 2. The molecule has 0 aromatic heterocycles. The van der Waals surface area contributed by atoms with E-state index < -0.39 is 16.2 Å². The molecular weight excluding hydrogens is 278 g/mol. The van der Waals surface area contributed by atoms with Crippen LogP contribution in [0.5, 0.6) is 0 Å². The van der Waals surface area contributed by atoms with E-state index in [4.69, 9.17) is 0 Å². The van der Waals surface area contributed by atoms with Crippen LogP contribution in [0.3, 0.4) is 0 Å². The van der Waals surface area contributed by atoms with E-state index in [0.717, 1.165) is 0 Å². The Labute approximate surface area is 54.3 Å². The van der Waals surface area contributed by atoms with Crippen molar-refractivity contribution in [3.8, 4) is 0 Å². The summed E-state index contributed by atoms with van der Waals surface area (Å²) >= 11 is -3.30. The molecule has 0 unspecified atom stereocenters. The predicted octanol–water partition coefficient (Wildman–Crippen LogP) is 1.14. The van der Waals surface area contributed by atoms with Crippen LogP contribution in [0.15, 0.2) is 0 Å². The fraction of sp³-hybridized carbons (Fsp3) is 0.800. The van der Waals surface area contributed by atoms with Gasteiger partial charge in [-0.3, -0.25) is 0 Å². The SMILES string of the molecule is CC(C)(C)[CH]=[Re](=[O])=[O]. The molecule has 0 saturated carbocycles. The Hall–Kier alpha value is 0.132. The quantitative estimate of drug-likeness (QED) is 0.670. The summed E-state index contributed by atoms with van der Waals surface area (Å²) in [6, 6.07) is 0. The minimum atomic E-state index is -3.30. The molecular formula is C5H10O2Re. The Morgan fingerprint density at radius 1 is 1.25 bits per heavy atom. The first-order chi connectivity index (χ1) is 3.42. The van der Waals surface area contributed by atoms with Gasteiger partial charge in [-0.15, -0.1) is 0 Å². The monoisotopic (exact) mass is 289 g/mol. The fourth-order valence-corrected chi connectivity index (χ4v) is 2.19.